The lowest BCUT2D eigenvalue weighted by Crippen LogP contribution is -2.41. The Labute approximate surface area is 149 Å². The topological polar surface area (TPSA) is 86.7 Å². The van der Waals surface area contributed by atoms with Gasteiger partial charge >= 0.3 is 5.97 Å². The summed E-state index contributed by atoms with van der Waals surface area (Å²) in [5.41, 5.74) is 0.824. The maximum absolute atomic E-state index is 12.5. The highest BCUT2D eigenvalue weighted by atomic mass is 16.4. The first-order valence-electron chi connectivity index (χ1n) is 8.47. The number of rotatable bonds is 9. The average molecular weight is 348 g/mol. The molecule has 0 spiro atoms. The minimum Gasteiger partial charge on any atom is -0.481 e. The summed E-state index contributed by atoms with van der Waals surface area (Å²) in [4.78, 5) is 36.6. The molecule has 0 aliphatic heterocycles. The Balaban J connectivity index is 2.61. The zero-order chi connectivity index (χ0) is 18.9. The Morgan fingerprint density at radius 1 is 1.12 bits per heavy atom. The van der Waals surface area contributed by atoms with Crippen LogP contribution in [0.25, 0.3) is 0 Å². The van der Waals surface area contributed by atoms with E-state index < -0.39 is 5.97 Å². The van der Waals surface area contributed by atoms with Gasteiger partial charge in [0.15, 0.2) is 0 Å². The van der Waals surface area contributed by atoms with E-state index >= 15 is 0 Å². The summed E-state index contributed by atoms with van der Waals surface area (Å²) in [7, 11) is 0. The van der Waals surface area contributed by atoms with Gasteiger partial charge in [-0.25, -0.2) is 0 Å². The molecule has 0 fully saturated rings. The van der Waals surface area contributed by atoms with Gasteiger partial charge in [-0.3, -0.25) is 14.4 Å². The number of aliphatic carboxylic acids is 1. The standard InChI is InChI=1S/C19H28N2O4/c1-19(2,3)12-16(22)20-13-17(23)21(11-7-10-18(24)25)14-15-8-5-4-6-9-15/h4-6,8-9H,7,10-14H2,1-3H3,(H,20,22)(H,24,25). The third-order valence-corrected chi connectivity index (χ3v) is 3.52. The molecule has 0 radical (unpaired) electrons. The van der Waals surface area contributed by atoms with Crippen LogP contribution in [0.4, 0.5) is 0 Å². The molecule has 0 saturated heterocycles. The molecule has 0 aromatic heterocycles. The first-order valence-corrected chi connectivity index (χ1v) is 8.47. The maximum atomic E-state index is 12.5. The molecule has 1 rings (SSSR count). The van der Waals surface area contributed by atoms with Crippen LogP contribution in [0.15, 0.2) is 30.3 Å². The highest BCUT2D eigenvalue weighted by Crippen LogP contribution is 2.17. The van der Waals surface area contributed by atoms with Gasteiger partial charge in [-0.15, -0.1) is 0 Å². The predicted molar refractivity (Wildman–Crippen MR) is 95.8 cm³/mol. The van der Waals surface area contributed by atoms with Gasteiger partial charge in [0, 0.05) is 25.9 Å². The van der Waals surface area contributed by atoms with Crippen molar-refractivity contribution in [1.82, 2.24) is 10.2 Å². The van der Waals surface area contributed by atoms with Crippen molar-refractivity contribution in [2.24, 2.45) is 5.41 Å². The summed E-state index contributed by atoms with van der Waals surface area (Å²) in [5.74, 6) is -1.26. The Hall–Kier alpha value is -2.37. The zero-order valence-electron chi connectivity index (χ0n) is 15.2. The SMILES string of the molecule is CC(C)(C)CC(=O)NCC(=O)N(CCCC(=O)O)Cc1ccccc1. The van der Waals surface area contributed by atoms with Crippen LogP contribution in [0.5, 0.6) is 0 Å². The Kier molecular flexibility index (Phi) is 8.11. The van der Waals surface area contributed by atoms with Crippen LogP contribution in [-0.4, -0.2) is 40.9 Å². The highest BCUT2D eigenvalue weighted by molar-refractivity contribution is 5.85. The molecule has 6 nitrogen and oxygen atoms in total. The second-order valence-corrected chi connectivity index (χ2v) is 7.31. The summed E-state index contributed by atoms with van der Waals surface area (Å²) in [6, 6.07) is 9.50. The van der Waals surface area contributed by atoms with E-state index in [4.69, 9.17) is 5.11 Å². The minimum absolute atomic E-state index is 0.00888. The number of carbonyl (C=O) groups excluding carboxylic acids is 2. The molecule has 2 amide bonds. The van der Waals surface area contributed by atoms with Gasteiger partial charge < -0.3 is 15.3 Å². The van der Waals surface area contributed by atoms with E-state index in [2.05, 4.69) is 5.32 Å². The van der Waals surface area contributed by atoms with Crippen molar-refractivity contribution in [3.05, 3.63) is 35.9 Å². The molecule has 138 valence electrons. The molecule has 25 heavy (non-hydrogen) atoms. The van der Waals surface area contributed by atoms with Gasteiger partial charge in [0.25, 0.3) is 0 Å². The minimum atomic E-state index is -0.884. The molecule has 0 unspecified atom stereocenters. The number of hydrogen-bond acceptors (Lipinski definition) is 3. The molecular formula is C19H28N2O4. The van der Waals surface area contributed by atoms with Crippen LogP contribution < -0.4 is 5.32 Å². The molecule has 0 atom stereocenters. The lowest BCUT2D eigenvalue weighted by atomic mass is 9.92. The van der Waals surface area contributed by atoms with E-state index in [-0.39, 0.29) is 30.2 Å². The first-order chi connectivity index (χ1) is 11.7. The molecule has 0 bridgehead atoms. The van der Waals surface area contributed by atoms with Crippen LogP contribution in [0.3, 0.4) is 0 Å². The predicted octanol–water partition coefficient (Wildman–Crippen LogP) is 2.43. The summed E-state index contributed by atoms with van der Waals surface area (Å²) in [5, 5.41) is 11.4. The molecule has 2 N–H and O–H groups in total. The van der Waals surface area contributed by atoms with Crippen LogP contribution in [0.2, 0.25) is 0 Å². The third kappa shape index (κ3) is 9.49. The molecule has 0 aliphatic carbocycles. The summed E-state index contributed by atoms with van der Waals surface area (Å²) in [6.45, 7) is 6.55. The normalized spacial score (nSPS) is 11.0. The van der Waals surface area contributed by atoms with Crippen LogP contribution in [0.1, 0.15) is 45.6 Å². The van der Waals surface area contributed by atoms with Crippen LogP contribution in [-0.2, 0) is 20.9 Å². The van der Waals surface area contributed by atoms with Crippen LogP contribution >= 0.6 is 0 Å². The van der Waals surface area contributed by atoms with Crippen molar-refractivity contribution in [2.75, 3.05) is 13.1 Å². The second kappa shape index (κ2) is 9.81. The van der Waals surface area contributed by atoms with Crippen LogP contribution in [0, 0.1) is 5.41 Å². The number of carbonyl (C=O) groups is 3. The van der Waals surface area contributed by atoms with Crippen molar-refractivity contribution >= 4 is 17.8 Å². The van der Waals surface area contributed by atoms with Gasteiger partial charge in [-0.1, -0.05) is 51.1 Å². The van der Waals surface area contributed by atoms with Crippen molar-refractivity contribution in [3.8, 4) is 0 Å². The monoisotopic (exact) mass is 348 g/mol. The van der Waals surface area contributed by atoms with Gasteiger partial charge in [0.2, 0.25) is 11.8 Å². The molecule has 0 aliphatic rings. The third-order valence-electron chi connectivity index (χ3n) is 3.52. The van der Waals surface area contributed by atoms with Crippen molar-refractivity contribution in [1.29, 1.82) is 0 Å². The fraction of sp³-hybridized carbons (Fsp3) is 0.526. The van der Waals surface area contributed by atoms with E-state index in [0.29, 0.717) is 25.9 Å². The fourth-order valence-electron chi connectivity index (χ4n) is 2.35. The second-order valence-electron chi connectivity index (χ2n) is 7.31. The number of carboxylic acids is 1. The van der Waals surface area contributed by atoms with E-state index in [1.807, 2.05) is 51.1 Å². The highest BCUT2D eigenvalue weighted by Gasteiger charge is 2.19. The van der Waals surface area contributed by atoms with E-state index in [0.717, 1.165) is 5.56 Å². The van der Waals surface area contributed by atoms with E-state index in [1.165, 1.54) is 0 Å². The fourth-order valence-corrected chi connectivity index (χ4v) is 2.35. The zero-order valence-corrected chi connectivity index (χ0v) is 15.2. The Morgan fingerprint density at radius 3 is 2.32 bits per heavy atom. The number of nitrogens with one attached hydrogen (secondary N) is 1. The average Bonchev–Trinajstić information content (AvgIpc) is 2.50. The first kappa shape index (κ1) is 20.7. The smallest absolute Gasteiger partial charge is 0.303 e. The maximum Gasteiger partial charge on any atom is 0.303 e. The Bertz CT molecular complexity index is 579. The number of hydrogen-bond donors (Lipinski definition) is 2. The van der Waals surface area contributed by atoms with E-state index in [1.54, 1.807) is 4.90 Å². The molecule has 0 saturated carbocycles. The molecule has 1 aromatic rings. The largest absolute Gasteiger partial charge is 0.481 e. The summed E-state index contributed by atoms with van der Waals surface area (Å²) < 4.78 is 0. The van der Waals surface area contributed by atoms with Crippen molar-refractivity contribution < 1.29 is 19.5 Å². The quantitative estimate of drug-likeness (QED) is 0.717. The molecule has 6 heteroatoms. The molecule has 0 heterocycles. The van der Waals surface area contributed by atoms with Crippen molar-refractivity contribution in [2.45, 2.75) is 46.6 Å². The number of nitrogens with zero attached hydrogens (tertiary/aromatic N) is 1. The lowest BCUT2D eigenvalue weighted by molar-refractivity contribution is -0.138. The van der Waals surface area contributed by atoms with Gasteiger partial charge in [-0.05, 0) is 17.4 Å². The summed E-state index contributed by atoms with van der Waals surface area (Å²) in [6.07, 6.45) is 0.733. The molecule has 1 aromatic carbocycles. The van der Waals surface area contributed by atoms with Gasteiger partial charge in [0.05, 0.1) is 6.54 Å². The summed E-state index contributed by atoms with van der Waals surface area (Å²) >= 11 is 0. The van der Waals surface area contributed by atoms with Gasteiger partial charge in [-0.2, -0.15) is 0 Å². The number of amides is 2. The van der Waals surface area contributed by atoms with E-state index in [9.17, 15) is 14.4 Å². The lowest BCUT2D eigenvalue weighted by Gasteiger charge is -2.23. The van der Waals surface area contributed by atoms with Gasteiger partial charge in [0.1, 0.15) is 0 Å². The Morgan fingerprint density at radius 2 is 1.76 bits per heavy atom. The number of carboxylic acid groups (broad SMARTS) is 1. The van der Waals surface area contributed by atoms with Crippen molar-refractivity contribution in [3.63, 3.8) is 0 Å². The molecular weight excluding hydrogens is 320 g/mol. The number of benzene rings is 1.